The van der Waals surface area contributed by atoms with E-state index in [4.69, 9.17) is 0 Å². The second-order valence-electron chi connectivity index (χ2n) is 3.88. The van der Waals surface area contributed by atoms with Crippen LogP contribution in [0.2, 0.25) is 0 Å². The fraction of sp³-hybridized carbons (Fsp3) is 0.0714. The minimum absolute atomic E-state index is 0.909. The highest BCUT2D eigenvalue weighted by atomic mass is 79.9. The minimum atomic E-state index is 0.909. The number of nitrogens with zero attached hydrogens (tertiary/aromatic N) is 1. The average molecular weight is 304 g/mol. The smallest absolute Gasteiger partial charge is 0.0982 e. The number of hydrogen-bond donors (Lipinski definition) is 0. The normalized spacial score (nSPS) is 10.9. The van der Waals surface area contributed by atoms with E-state index in [0.29, 0.717) is 0 Å². The Kier molecular flexibility index (Phi) is 2.95. The van der Waals surface area contributed by atoms with Gasteiger partial charge in [0.1, 0.15) is 0 Å². The SMILES string of the molecule is Brc1ccc(Cc2nc3ccccc3s2)cc1. The van der Waals surface area contributed by atoms with Crippen molar-refractivity contribution in [3.63, 3.8) is 0 Å². The van der Waals surface area contributed by atoms with E-state index in [1.54, 1.807) is 11.3 Å². The van der Waals surface area contributed by atoms with Gasteiger partial charge in [-0.3, -0.25) is 0 Å². The average Bonchev–Trinajstić information content (AvgIpc) is 2.74. The van der Waals surface area contributed by atoms with Gasteiger partial charge in [0.05, 0.1) is 15.2 Å². The summed E-state index contributed by atoms with van der Waals surface area (Å²) in [4.78, 5) is 4.64. The topological polar surface area (TPSA) is 12.9 Å². The summed E-state index contributed by atoms with van der Waals surface area (Å²) in [7, 11) is 0. The molecular formula is C14H10BrNS. The van der Waals surface area contributed by atoms with Crippen LogP contribution in [-0.4, -0.2) is 4.98 Å². The van der Waals surface area contributed by atoms with Gasteiger partial charge in [0.2, 0.25) is 0 Å². The maximum absolute atomic E-state index is 4.64. The Morgan fingerprint density at radius 3 is 2.53 bits per heavy atom. The molecule has 0 saturated heterocycles. The van der Waals surface area contributed by atoms with Crippen LogP contribution in [-0.2, 0) is 6.42 Å². The molecule has 0 bridgehead atoms. The van der Waals surface area contributed by atoms with Gasteiger partial charge in [0, 0.05) is 10.9 Å². The van der Waals surface area contributed by atoms with Crippen LogP contribution in [0.1, 0.15) is 10.6 Å². The molecule has 84 valence electrons. The molecule has 0 aliphatic heterocycles. The molecule has 1 heterocycles. The largest absolute Gasteiger partial charge is 0.241 e. The third-order valence-corrected chi connectivity index (χ3v) is 4.17. The monoisotopic (exact) mass is 303 g/mol. The zero-order valence-electron chi connectivity index (χ0n) is 9.06. The summed E-state index contributed by atoms with van der Waals surface area (Å²) in [5.41, 5.74) is 2.40. The van der Waals surface area contributed by atoms with Crippen LogP contribution >= 0.6 is 27.3 Å². The van der Waals surface area contributed by atoms with E-state index in [9.17, 15) is 0 Å². The van der Waals surface area contributed by atoms with Crippen LogP contribution in [0.4, 0.5) is 0 Å². The van der Waals surface area contributed by atoms with Crippen LogP contribution in [0.5, 0.6) is 0 Å². The van der Waals surface area contributed by atoms with Crippen molar-refractivity contribution < 1.29 is 0 Å². The molecule has 0 fully saturated rings. The lowest BCUT2D eigenvalue weighted by Gasteiger charge is -1.97. The lowest BCUT2D eigenvalue weighted by molar-refractivity contribution is 1.15. The van der Waals surface area contributed by atoms with Gasteiger partial charge in [-0.15, -0.1) is 11.3 Å². The molecule has 0 radical (unpaired) electrons. The highest BCUT2D eigenvalue weighted by molar-refractivity contribution is 9.10. The molecule has 3 rings (SSSR count). The Morgan fingerprint density at radius 2 is 1.76 bits per heavy atom. The molecule has 0 aliphatic rings. The summed E-state index contributed by atoms with van der Waals surface area (Å²) in [5.74, 6) is 0. The van der Waals surface area contributed by atoms with Crippen LogP contribution < -0.4 is 0 Å². The second kappa shape index (κ2) is 4.59. The number of thiazole rings is 1. The molecule has 0 unspecified atom stereocenters. The summed E-state index contributed by atoms with van der Waals surface area (Å²) in [6, 6.07) is 16.7. The molecule has 2 aromatic carbocycles. The van der Waals surface area contributed by atoms with Crippen molar-refractivity contribution in [3.8, 4) is 0 Å². The van der Waals surface area contributed by atoms with Gasteiger partial charge in [0.15, 0.2) is 0 Å². The molecule has 0 N–H and O–H groups in total. The van der Waals surface area contributed by atoms with E-state index in [-0.39, 0.29) is 0 Å². The molecular weight excluding hydrogens is 294 g/mol. The van der Waals surface area contributed by atoms with Crippen LogP contribution in [0.25, 0.3) is 10.2 Å². The van der Waals surface area contributed by atoms with Crippen LogP contribution in [0, 0.1) is 0 Å². The first-order valence-electron chi connectivity index (χ1n) is 5.40. The van der Waals surface area contributed by atoms with Gasteiger partial charge in [-0.1, -0.05) is 40.2 Å². The summed E-state index contributed by atoms with van der Waals surface area (Å²) in [6.45, 7) is 0. The number of benzene rings is 2. The van der Waals surface area contributed by atoms with E-state index in [0.717, 1.165) is 16.4 Å². The Balaban J connectivity index is 1.92. The van der Waals surface area contributed by atoms with E-state index >= 15 is 0 Å². The van der Waals surface area contributed by atoms with Gasteiger partial charge in [-0.2, -0.15) is 0 Å². The first kappa shape index (κ1) is 10.9. The molecule has 3 heteroatoms. The number of fused-ring (bicyclic) bond motifs is 1. The van der Waals surface area contributed by atoms with E-state index in [1.165, 1.54) is 15.3 Å². The Bertz CT molecular complexity index is 610. The van der Waals surface area contributed by atoms with Crippen molar-refractivity contribution in [1.29, 1.82) is 0 Å². The number of aromatic nitrogens is 1. The zero-order valence-corrected chi connectivity index (χ0v) is 11.5. The molecule has 0 spiro atoms. The molecule has 17 heavy (non-hydrogen) atoms. The van der Waals surface area contributed by atoms with Crippen molar-refractivity contribution in [2.24, 2.45) is 0 Å². The lowest BCUT2D eigenvalue weighted by atomic mass is 10.2. The molecule has 1 aromatic heterocycles. The molecule has 0 aliphatic carbocycles. The predicted molar refractivity (Wildman–Crippen MR) is 76.6 cm³/mol. The van der Waals surface area contributed by atoms with Crippen molar-refractivity contribution in [1.82, 2.24) is 4.98 Å². The molecule has 1 nitrogen and oxygen atoms in total. The maximum Gasteiger partial charge on any atom is 0.0982 e. The summed E-state index contributed by atoms with van der Waals surface area (Å²) < 4.78 is 2.38. The maximum atomic E-state index is 4.64. The van der Waals surface area contributed by atoms with Crippen LogP contribution in [0.3, 0.4) is 0 Å². The predicted octanol–water partition coefficient (Wildman–Crippen LogP) is 4.65. The van der Waals surface area contributed by atoms with Gasteiger partial charge in [-0.05, 0) is 29.8 Å². The van der Waals surface area contributed by atoms with Gasteiger partial charge >= 0.3 is 0 Å². The van der Waals surface area contributed by atoms with Crippen molar-refractivity contribution in [3.05, 3.63) is 63.6 Å². The third kappa shape index (κ3) is 2.40. The Labute approximate surface area is 112 Å². The molecule has 3 aromatic rings. The summed E-state index contributed by atoms with van der Waals surface area (Å²) in [6.07, 6.45) is 0.909. The number of para-hydroxylation sites is 1. The van der Waals surface area contributed by atoms with Gasteiger partial charge < -0.3 is 0 Å². The van der Waals surface area contributed by atoms with E-state index < -0.39 is 0 Å². The lowest BCUT2D eigenvalue weighted by Crippen LogP contribution is -1.85. The minimum Gasteiger partial charge on any atom is -0.241 e. The van der Waals surface area contributed by atoms with E-state index in [2.05, 4.69) is 63.4 Å². The summed E-state index contributed by atoms with van der Waals surface area (Å²) in [5, 5.41) is 1.17. The fourth-order valence-electron chi connectivity index (χ4n) is 1.77. The first-order chi connectivity index (χ1) is 8.31. The third-order valence-electron chi connectivity index (χ3n) is 2.61. The van der Waals surface area contributed by atoms with Crippen molar-refractivity contribution in [2.45, 2.75) is 6.42 Å². The quantitative estimate of drug-likeness (QED) is 0.671. The highest BCUT2D eigenvalue weighted by Crippen LogP contribution is 2.24. The summed E-state index contributed by atoms with van der Waals surface area (Å²) >= 11 is 5.22. The van der Waals surface area contributed by atoms with Gasteiger partial charge in [-0.25, -0.2) is 4.98 Å². The number of rotatable bonds is 2. The Hall–Kier alpha value is -1.19. The van der Waals surface area contributed by atoms with E-state index in [1.807, 2.05) is 6.07 Å². The van der Waals surface area contributed by atoms with Gasteiger partial charge in [0.25, 0.3) is 0 Å². The van der Waals surface area contributed by atoms with Crippen LogP contribution in [0.15, 0.2) is 53.0 Å². The Morgan fingerprint density at radius 1 is 1.00 bits per heavy atom. The second-order valence-corrected chi connectivity index (χ2v) is 5.91. The molecule has 0 atom stereocenters. The molecule has 0 saturated carbocycles. The van der Waals surface area contributed by atoms with Crippen molar-refractivity contribution >= 4 is 37.5 Å². The first-order valence-corrected chi connectivity index (χ1v) is 7.01. The fourth-order valence-corrected chi connectivity index (χ4v) is 3.04. The standard InChI is InChI=1S/C14H10BrNS/c15-11-7-5-10(6-8-11)9-14-16-12-3-1-2-4-13(12)17-14/h1-8H,9H2. The van der Waals surface area contributed by atoms with Crippen molar-refractivity contribution in [2.75, 3.05) is 0 Å². The highest BCUT2D eigenvalue weighted by Gasteiger charge is 2.03. The molecule has 0 amide bonds. The number of hydrogen-bond acceptors (Lipinski definition) is 2. The number of halogens is 1. The zero-order chi connectivity index (χ0) is 11.7.